The number of aliphatic hydroxyl groups is 2. The summed E-state index contributed by atoms with van der Waals surface area (Å²) in [5, 5.41) is 61.6. The zero-order valence-electron chi connectivity index (χ0n) is 25.1. The maximum atomic E-state index is 12.8. The molecule has 47 heavy (non-hydrogen) atoms. The summed E-state index contributed by atoms with van der Waals surface area (Å²) in [5.74, 6) is 0.00424. The Balaban J connectivity index is 1.41. The molecule has 12 nitrogen and oxygen atoms in total. The quantitative estimate of drug-likeness (QED) is 0.128. The highest BCUT2D eigenvalue weighted by molar-refractivity contribution is 5.87. The second-order valence-electron chi connectivity index (χ2n) is 10.7. The van der Waals surface area contributed by atoms with E-state index in [1.165, 1.54) is 38.5 Å². The minimum absolute atomic E-state index is 0.0136. The summed E-state index contributed by atoms with van der Waals surface area (Å²) in [5.41, 5.74) is 1.43. The van der Waals surface area contributed by atoms with Gasteiger partial charge in [0.2, 0.25) is 0 Å². The first-order valence-corrected chi connectivity index (χ1v) is 14.3. The van der Waals surface area contributed by atoms with Gasteiger partial charge >= 0.3 is 0 Å². The van der Waals surface area contributed by atoms with Crippen LogP contribution in [0.5, 0.6) is 46.0 Å². The number of rotatable bonds is 8. The average Bonchev–Trinajstić information content (AvgIpc) is 3.06. The molecule has 1 aliphatic rings. The SMILES string of the molecule is COc1cc(C=C(CO)c2cc(C3Oc4cc(-c5cc(=O)c6c(O)cc(O)cc6o5)ccc4OC3CO)cc(OC)c2O)ccc1O. The molecule has 6 N–H and O–H groups in total. The van der Waals surface area contributed by atoms with Crippen LogP contribution in [0.2, 0.25) is 0 Å². The molecule has 5 aromatic rings. The van der Waals surface area contributed by atoms with E-state index >= 15 is 0 Å². The third-order valence-corrected chi connectivity index (χ3v) is 7.78. The number of fused-ring (bicyclic) bond motifs is 2. The second-order valence-corrected chi connectivity index (χ2v) is 10.7. The van der Waals surface area contributed by atoms with Crippen molar-refractivity contribution < 1.29 is 54.0 Å². The van der Waals surface area contributed by atoms with Crippen LogP contribution in [0.1, 0.15) is 22.8 Å². The smallest absolute Gasteiger partial charge is 0.197 e. The highest BCUT2D eigenvalue weighted by Crippen LogP contribution is 2.45. The first-order chi connectivity index (χ1) is 22.6. The maximum Gasteiger partial charge on any atom is 0.197 e. The van der Waals surface area contributed by atoms with E-state index in [1.54, 1.807) is 42.5 Å². The lowest BCUT2D eigenvalue weighted by Crippen LogP contribution is -2.36. The van der Waals surface area contributed by atoms with Gasteiger partial charge < -0.3 is 54.0 Å². The van der Waals surface area contributed by atoms with Crippen molar-refractivity contribution in [3.05, 3.63) is 93.6 Å². The summed E-state index contributed by atoms with van der Waals surface area (Å²) in [6.07, 6.45) is -0.203. The fourth-order valence-corrected chi connectivity index (χ4v) is 5.49. The molecular formula is C35H30O12. The molecule has 0 saturated carbocycles. The Labute approximate surface area is 267 Å². The van der Waals surface area contributed by atoms with Crippen molar-refractivity contribution in [2.75, 3.05) is 27.4 Å². The number of aromatic hydroxyl groups is 4. The summed E-state index contributed by atoms with van der Waals surface area (Å²) in [4.78, 5) is 12.8. The van der Waals surface area contributed by atoms with Crippen molar-refractivity contribution in [3.8, 4) is 57.3 Å². The third-order valence-electron chi connectivity index (χ3n) is 7.78. The van der Waals surface area contributed by atoms with Crippen LogP contribution < -0.4 is 24.4 Å². The molecule has 0 spiro atoms. The molecule has 0 aliphatic carbocycles. The molecule has 242 valence electrons. The molecule has 0 saturated heterocycles. The molecule has 12 heteroatoms. The van der Waals surface area contributed by atoms with Gasteiger partial charge in [0.15, 0.2) is 52.1 Å². The van der Waals surface area contributed by atoms with Gasteiger partial charge in [-0.15, -0.1) is 0 Å². The van der Waals surface area contributed by atoms with E-state index in [1.807, 2.05) is 0 Å². The highest BCUT2D eigenvalue weighted by atomic mass is 16.6. The average molecular weight is 643 g/mol. The molecule has 4 aromatic carbocycles. The predicted molar refractivity (Wildman–Crippen MR) is 170 cm³/mol. The molecular weight excluding hydrogens is 612 g/mol. The number of hydrogen-bond donors (Lipinski definition) is 6. The van der Waals surface area contributed by atoms with Crippen molar-refractivity contribution in [2.24, 2.45) is 0 Å². The van der Waals surface area contributed by atoms with Crippen LogP contribution in [-0.2, 0) is 0 Å². The summed E-state index contributed by atoms with van der Waals surface area (Å²) >= 11 is 0. The summed E-state index contributed by atoms with van der Waals surface area (Å²) in [6, 6.07) is 16.0. The van der Waals surface area contributed by atoms with Gasteiger partial charge in [-0.2, -0.15) is 0 Å². The first-order valence-electron chi connectivity index (χ1n) is 14.3. The van der Waals surface area contributed by atoms with E-state index in [-0.39, 0.29) is 56.8 Å². The van der Waals surface area contributed by atoms with Crippen LogP contribution >= 0.6 is 0 Å². The van der Waals surface area contributed by atoms with Crippen molar-refractivity contribution in [1.29, 1.82) is 0 Å². The Bertz CT molecular complexity index is 2080. The lowest BCUT2D eigenvalue weighted by molar-refractivity contribution is -0.0123. The van der Waals surface area contributed by atoms with E-state index < -0.39 is 36.6 Å². The lowest BCUT2D eigenvalue weighted by Gasteiger charge is -2.34. The fraction of sp³-hybridized carbons (Fsp3) is 0.171. The van der Waals surface area contributed by atoms with E-state index in [2.05, 4.69) is 0 Å². The Kier molecular flexibility index (Phi) is 8.29. The molecule has 1 aromatic heterocycles. The summed E-state index contributed by atoms with van der Waals surface area (Å²) < 4.78 is 28.9. The van der Waals surface area contributed by atoms with Crippen molar-refractivity contribution in [2.45, 2.75) is 12.2 Å². The molecule has 2 atom stereocenters. The van der Waals surface area contributed by atoms with Crippen LogP contribution in [0.25, 0.3) is 33.9 Å². The fourth-order valence-electron chi connectivity index (χ4n) is 5.49. The number of phenols is 4. The Morgan fingerprint density at radius 3 is 2.34 bits per heavy atom. The minimum atomic E-state index is -0.929. The number of aliphatic hydroxyl groups excluding tert-OH is 2. The zero-order valence-corrected chi connectivity index (χ0v) is 25.1. The van der Waals surface area contributed by atoms with Crippen molar-refractivity contribution >= 4 is 22.6 Å². The third kappa shape index (κ3) is 5.83. The number of hydrogen-bond acceptors (Lipinski definition) is 12. The normalized spacial score (nSPS) is 15.9. The van der Waals surface area contributed by atoms with Gasteiger partial charge in [-0.3, -0.25) is 4.79 Å². The number of phenolic OH excluding ortho intramolecular Hbond substituents is 4. The molecule has 0 amide bonds. The van der Waals surface area contributed by atoms with Crippen LogP contribution in [0.3, 0.4) is 0 Å². The van der Waals surface area contributed by atoms with E-state index in [9.17, 15) is 35.4 Å². The van der Waals surface area contributed by atoms with Gasteiger partial charge in [0, 0.05) is 34.9 Å². The number of benzene rings is 4. The lowest BCUT2D eigenvalue weighted by atomic mass is 9.95. The van der Waals surface area contributed by atoms with Gasteiger partial charge in [-0.1, -0.05) is 6.07 Å². The Hall–Kier alpha value is -5.85. The predicted octanol–water partition coefficient (Wildman–Crippen LogP) is 4.71. The van der Waals surface area contributed by atoms with Crippen LogP contribution in [0.4, 0.5) is 0 Å². The van der Waals surface area contributed by atoms with Crippen LogP contribution in [0, 0.1) is 0 Å². The van der Waals surface area contributed by atoms with Gasteiger partial charge in [0.1, 0.15) is 28.2 Å². The molecule has 6 rings (SSSR count). The Morgan fingerprint density at radius 1 is 0.830 bits per heavy atom. The van der Waals surface area contributed by atoms with Gasteiger partial charge in [0.05, 0.1) is 27.4 Å². The number of ether oxygens (including phenoxy) is 4. The van der Waals surface area contributed by atoms with Gasteiger partial charge in [-0.05, 0) is 59.7 Å². The first kappa shape index (κ1) is 31.1. The standard InChI is InChI=1S/C35H30O12/c1-43-28-8-17(3-5-23(28)39)7-20(15-36)22-9-19(11-31(44-2)34(22)42)35-32(16-37)45-26-6-4-18(10-29(26)47-35)27-14-25(41)33-24(40)12-21(38)13-30(33)46-27/h3-14,32,35-40,42H,15-16H2,1-2H3. The monoisotopic (exact) mass is 642 g/mol. The van der Waals surface area contributed by atoms with Gasteiger partial charge in [-0.25, -0.2) is 0 Å². The van der Waals surface area contributed by atoms with E-state index in [4.69, 9.17) is 23.4 Å². The maximum absolute atomic E-state index is 12.8. The zero-order chi connectivity index (χ0) is 33.4. The molecule has 2 heterocycles. The Morgan fingerprint density at radius 2 is 1.62 bits per heavy atom. The number of methoxy groups -OCH3 is 2. The van der Waals surface area contributed by atoms with E-state index in [0.717, 1.165) is 6.07 Å². The second kappa shape index (κ2) is 12.5. The largest absolute Gasteiger partial charge is 0.508 e. The molecule has 0 radical (unpaired) electrons. The summed E-state index contributed by atoms with van der Waals surface area (Å²) in [6.45, 7) is -0.916. The minimum Gasteiger partial charge on any atom is -0.508 e. The van der Waals surface area contributed by atoms with Crippen molar-refractivity contribution in [1.82, 2.24) is 0 Å². The van der Waals surface area contributed by atoms with Gasteiger partial charge in [0.25, 0.3) is 0 Å². The molecule has 0 fully saturated rings. The highest BCUT2D eigenvalue weighted by Gasteiger charge is 2.34. The molecule has 1 aliphatic heterocycles. The molecule has 2 unspecified atom stereocenters. The topological polar surface area (TPSA) is 189 Å². The van der Waals surface area contributed by atoms with Crippen LogP contribution in [0.15, 0.2) is 75.9 Å². The van der Waals surface area contributed by atoms with Crippen molar-refractivity contribution in [3.63, 3.8) is 0 Å². The summed E-state index contributed by atoms with van der Waals surface area (Å²) in [7, 11) is 2.78. The molecule has 0 bridgehead atoms. The van der Waals surface area contributed by atoms with Crippen LogP contribution in [-0.4, -0.2) is 64.2 Å². The van der Waals surface area contributed by atoms with E-state index in [0.29, 0.717) is 28.0 Å².